The van der Waals surface area contributed by atoms with Crippen molar-refractivity contribution < 1.29 is 19.3 Å². The molecule has 0 aromatic carbocycles. The van der Waals surface area contributed by atoms with E-state index in [2.05, 4.69) is 5.32 Å². The van der Waals surface area contributed by atoms with Gasteiger partial charge in [-0.3, -0.25) is 10.1 Å². The fraction of sp³-hybridized carbons (Fsp3) is 0.500. The van der Waals surface area contributed by atoms with Crippen LogP contribution in [0.3, 0.4) is 0 Å². The van der Waals surface area contributed by atoms with Gasteiger partial charge in [0.1, 0.15) is 6.54 Å². The Morgan fingerprint density at radius 3 is 2.83 bits per heavy atom. The van der Waals surface area contributed by atoms with E-state index in [1.807, 2.05) is 0 Å². The Hall–Kier alpha value is -0.460. The van der Waals surface area contributed by atoms with Crippen LogP contribution in [0.4, 0.5) is 0 Å². The lowest BCUT2D eigenvalue weighted by atomic mass is 10.4. The molecule has 102 valence electrons. The molecule has 0 saturated heterocycles. The zero-order chi connectivity index (χ0) is 13.6. The molecule has 0 saturated carbocycles. The molecule has 0 fully saturated rings. The Labute approximate surface area is 120 Å². The van der Waals surface area contributed by atoms with Crippen LogP contribution in [0.1, 0.15) is 10.6 Å². The lowest BCUT2D eigenvalue weighted by molar-refractivity contribution is -0.692. The summed E-state index contributed by atoms with van der Waals surface area (Å²) in [6.45, 7) is 1.03. The molecule has 1 aromatic heterocycles. The molecule has 5 nitrogen and oxygen atoms in total. The van der Waals surface area contributed by atoms with E-state index in [0.717, 1.165) is 0 Å². The number of furan rings is 1. The molecule has 0 aliphatic carbocycles. The molecule has 0 unspecified atom stereocenters. The first-order chi connectivity index (χ1) is 8.45. The maximum atomic E-state index is 11.8. The predicted molar refractivity (Wildman–Crippen MR) is 68.9 cm³/mol. The van der Waals surface area contributed by atoms with Gasteiger partial charge >= 0.3 is 0 Å². The number of carbonyl (C=O) groups excluding carboxylic acids is 1. The second-order valence-corrected chi connectivity index (χ2v) is 5.86. The van der Waals surface area contributed by atoms with Gasteiger partial charge in [0.2, 0.25) is 6.17 Å². The second-order valence-electron chi connectivity index (χ2n) is 3.49. The van der Waals surface area contributed by atoms with Crippen LogP contribution in [-0.2, 0) is 4.74 Å². The lowest BCUT2D eigenvalue weighted by Gasteiger charge is -2.22. The van der Waals surface area contributed by atoms with E-state index >= 15 is 0 Å². The number of rotatable bonds is 6. The topological polar surface area (TPSA) is 68.1 Å². The number of ether oxygens (including phenoxy) is 1. The van der Waals surface area contributed by atoms with Crippen LogP contribution in [0.5, 0.6) is 0 Å². The van der Waals surface area contributed by atoms with Gasteiger partial charge in [-0.2, -0.15) is 0 Å². The zero-order valence-corrected chi connectivity index (χ0v) is 11.9. The number of hydrogen-bond acceptors (Lipinski definition) is 3. The summed E-state index contributed by atoms with van der Waals surface area (Å²) in [5.74, 6) is -0.278. The number of alkyl halides is 3. The summed E-state index contributed by atoms with van der Waals surface area (Å²) in [6, 6.07) is 3.13. The number of quaternary nitrogens is 1. The number of nitrogens with one attached hydrogen (secondary N) is 1. The number of methoxy groups -OCH3 is 1. The molecule has 1 aromatic rings. The smallest absolute Gasteiger partial charge is 0.291 e. The average molecular weight is 317 g/mol. The van der Waals surface area contributed by atoms with Crippen LogP contribution in [0.15, 0.2) is 22.8 Å². The van der Waals surface area contributed by atoms with E-state index in [4.69, 9.17) is 44.0 Å². The molecular formula is C10H14Cl3N2O3+. The van der Waals surface area contributed by atoms with Gasteiger partial charge < -0.3 is 14.5 Å². The van der Waals surface area contributed by atoms with Crippen molar-refractivity contribution in [3.05, 3.63) is 24.2 Å². The molecule has 1 heterocycles. The number of halogens is 3. The molecule has 8 heteroatoms. The van der Waals surface area contributed by atoms with E-state index in [1.54, 1.807) is 18.5 Å². The van der Waals surface area contributed by atoms with E-state index in [9.17, 15) is 4.79 Å². The number of amides is 1. The highest BCUT2D eigenvalue weighted by molar-refractivity contribution is 6.68. The standard InChI is InChI=1S/C10H13Cl3N2O3/c1-17-6-4-14-9(10(11,12)13)15-8(16)7-3-2-5-18-7/h2-3,5,9,14H,4,6H2,1H3,(H,15,16)/p+1/t9-/m0/s1. The van der Waals surface area contributed by atoms with Crippen molar-refractivity contribution in [3.8, 4) is 0 Å². The maximum absolute atomic E-state index is 11.8. The fourth-order valence-corrected chi connectivity index (χ4v) is 1.68. The number of hydrogen-bond donors (Lipinski definition) is 2. The third-order valence-corrected chi connectivity index (χ3v) is 2.81. The minimum absolute atomic E-state index is 0.161. The Kier molecular flexibility index (Phi) is 6.25. The Balaban J connectivity index is 2.58. The highest BCUT2D eigenvalue weighted by Crippen LogP contribution is 2.27. The van der Waals surface area contributed by atoms with Gasteiger partial charge in [0.25, 0.3) is 9.70 Å². The Morgan fingerprint density at radius 1 is 1.61 bits per heavy atom. The molecular weight excluding hydrogens is 302 g/mol. The summed E-state index contributed by atoms with van der Waals surface area (Å²) in [6.07, 6.45) is 0.670. The summed E-state index contributed by atoms with van der Waals surface area (Å²) in [7, 11) is 1.57. The lowest BCUT2D eigenvalue weighted by Crippen LogP contribution is -2.97. The van der Waals surface area contributed by atoms with Crippen molar-refractivity contribution >= 4 is 40.7 Å². The Bertz CT molecular complexity index is 365. The maximum Gasteiger partial charge on any atom is 0.291 e. The average Bonchev–Trinajstić information content (AvgIpc) is 2.79. The van der Waals surface area contributed by atoms with Crippen molar-refractivity contribution in [3.63, 3.8) is 0 Å². The quantitative estimate of drug-likeness (QED) is 0.466. The molecule has 3 N–H and O–H groups in total. The van der Waals surface area contributed by atoms with Crippen LogP contribution in [0.25, 0.3) is 0 Å². The van der Waals surface area contributed by atoms with E-state index < -0.39 is 15.9 Å². The van der Waals surface area contributed by atoms with Gasteiger partial charge in [-0.25, -0.2) is 0 Å². The van der Waals surface area contributed by atoms with Crippen LogP contribution < -0.4 is 10.6 Å². The Morgan fingerprint density at radius 2 is 2.33 bits per heavy atom. The largest absolute Gasteiger partial charge is 0.459 e. The van der Waals surface area contributed by atoms with Crippen LogP contribution >= 0.6 is 34.8 Å². The van der Waals surface area contributed by atoms with Crippen molar-refractivity contribution in [2.45, 2.75) is 9.96 Å². The van der Waals surface area contributed by atoms with Gasteiger partial charge in [0.15, 0.2) is 5.76 Å². The van der Waals surface area contributed by atoms with E-state index in [1.165, 1.54) is 12.3 Å². The molecule has 18 heavy (non-hydrogen) atoms. The summed E-state index contributed by atoms with van der Waals surface area (Å²) in [4.78, 5) is 11.8. The highest BCUT2D eigenvalue weighted by Gasteiger charge is 2.37. The first-order valence-electron chi connectivity index (χ1n) is 5.18. The van der Waals surface area contributed by atoms with Gasteiger partial charge in [0.05, 0.1) is 12.9 Å². The monoisotopic (exact) mass is 315 g/mol. The summed E-state index contributed by atoms with van der Waals surface area (Å²) >= 11 is 17.4. The molecule has 0 spiro atoms. The van der Waals surface area contributed by atoms with E-state index in [0.29, 0.717) is 13.2 Å². The SMILES string of the molecule is COCC[NH2+][C@@H](NC(=O)c1ccco1)C(Cl)(Cl)Cl. The van der Waals surface area contributed by atoms with Crippen LogP contribution in [0.2, 0.25) is 0 Å². The normalized spacial score (nSPS) is 13.3. The fourth-order valence-electron chi connectivity index (χ4n) is 1.25. The van der Waals surface area contributed by atoms with Crippen LogP contribution in [-0.4, -0.2) is 36.1 Å². The van der Waals surface area contributed by atoms with Crippen molar-refractivity contribution in [1.29, 1.82) is 0 Å². The summed E-state index contributed by atoms with van der Waals surface area (Å²) in [5, 5.41) is 4.26. The molecule has 0 radical (unpaired) electrons. The molecule has 0 aliphatic rings. The van der Waals surface area contributed by atoms with Gasteiger partial charge in [-0.1, -0.05) is 34.8 Å². The third kappa shape index (κ3) is 5.04. The van der Waals surface area contributed by atoms with Crippen molar-refractivity contribution in [2.24, 2.45) is 0 Å². The number of carbonyl (C=O) groups is 1. The van der Waals surface area contributed by atoms with E-state index in [-0.39, 0.29) is 5.76 Å². The number of nitrogens with two attached hydrogens (primary N) is 1. The molecule has 0 aliphatic heterocycles. The molecule has 1 rings (SSSR count). The van der Waals surface area contributed by atoms with Crippen LogP contribution in [0, 0.1) is 0 Å². The van der Waals surface area contributed by atoms with Crippen molar-refractivity contribution in [2.75, 3.05) is 20.3 Å². The predicted octanol–water partition coefficient (Wildman–Crippen LogP) is 0.916. The highest BCUT2D eigenvalue weighted by atomic mass is 35.6. The van der Waals surface area contributed by atoms with Gasteiger partial charge in [-0.05, 0) is 12.1 Å². The summed E-state index contributed by atoms with van der Waals surface area (Å²) in [5.41, 5.74) is 0. The zero-order valence-electron chi connectivity index (χ0n) is 9.66. The second kappa shape index (κ2) is 7.21. The first-order valence-corrected chi connectivity index (χ1v) is 6.32. The first kappa shape index (κ1) is 15.6. The molecule has 0 bridgehead atoms. The van der Waals surface area contributed by atoms with Gasteiger partial charge in [-0.15, -0.1) is 0 Å². The minimum Gasteiger partial charge on any atom is -0.459 e. The minimum atomic E-state index is -1.63. The third-order valence-electron chi connectivity index (χ3n) is 2.11. The molecule has 1 amide bonds. The molecule has 1 atom stereocenters. The summed E-state index contributed by atoms with van der Waals surface area (Å²) < 4.78 is 8.22. The van der Waals surface area contributed by atoms with Gasteiger partial charge in [0, 0.05) is 7.11 Å². The van der Waals surface area contributed by atoms with Crippen molar-refractivity contribution in [1.82, 2.24) is 5.32 Å².